The van der Waals surface area contributed by atoms with Crippen molar-refractivity contribution in [3.8, 4) is 5.75 Å². The summed E-state index contributed by atoms with van der Waals surface area (Å²) < 4.78 is 5.28. The number of carbonyl (C=O) groups is 1. The van der Waals surface area contributed by atoms with Crippen LogP contribution < -0.4 is 15.4 Å². The van der Waals surface area contributed by atoms with E-state index in [1.807, 2.05) is 31.1 Å². The molecule has 0 aliphatic heterocycles. The van der Waals surface area contributed by atoms with Crippen LogP contribution in [0, 0.1) is 0 Å². The number of hydrogen-bond acceptors (Lipinski definition) is 4. The quantitative estimate of drug-likeness (QED) is 0.521. The van der Waals surface area contributed by atoms with Gasteiger partial charge in [0.2, 0.25) is 0 Å². The van der Waals surface area contributed by atoms with Gasteiger partial charge in [0.15, 0.2) is 0 Å². The molecule has 0 aliphatic rings. The Morgan fingerprint density at radius 1 is 1.00 bits per heavy atom. The maximum atomic E-state index is 11.9. The lowest BCUT2D eigenvalue weighted by atomic mass is 10.2. The molecule has 2 aromatic rings. The lowest BCUT2D eigenvalue weighted by Crippen LogP contribution is -2.10. The normalized spacial score (nSPS) is 10.0. The molecule has 4 nitrogen and oxygen atoms in total. The number of hydrogen-bond donors (Lipinski definition) is 1. The van der Waals surface area contributed by atoms with Gasteiger partial charge in [0.25, 0.3) is 0 Å². The topological polar surface area (TPSA) is 55.6 Å². The Morgan fingerprint density at radius 3 is 2.11 bits per heavy atom. The molecule has 0 atom stereocenters. The Labute approximate surface area is 112 Å². The summed E-state index contributed by atoms with van der Waals surface area (Å²) in [5.74, 6) is 0.130. The number of nitrogens with zero attached hydrogens (tertiary/aromatic N) is 1. The first-order valence-electron chi connectivity index (χ1n) is 5.91. The van der Waals surface area contributed by atoms with E-state index in [9.17, 15) is 4.79 Å². The summed E-state index contributed by atoms with van der Waals surface area (Å²) in [7, 11) is 3.91. The van der Waals surface area contributed by atoms with E-state index in [0.29, 0.717) is 17.0 Å². The van der Waals surface area contributed by atoms with Gasteiger partial charge < -0.3 is 15.4 Å². The van der Waals surface area contributed by atoms with Crippen LogP contribution in [0.2, 0.25) is 0 Å². The highest BCUT2D eigenvalue weighted by atomic mass is 16.5. The lowest BCUT2D eigenvalue weighted by Gasteiger charge is -2.12. The van der Waals surface area contributed by atoms with Crippen molar-refractivity contribution in [1.29, 1.82) is 0 Å². The summed E-state index contributed by atoms with van der Waals surface area (Å²) in [5.41, 5.74) is 7.71. The highest BCUT2D eigenvalue weighted by molar-refractivity contribution is 5.91. The van der Waals surface area contributed by atoms with Crippen molar-refractivity contribution >= 4 is 17.3 Å². The van der Waals surface area contributed by atoms with Gasteiger partial charge in [-0.25, -0.2) is 4.79 Å². The average Bonchev–Trinajstić information content (AvgIpc) is 2.40. The van der Waals surface area contributed by atoms with Gasteiger partial charge >= 0.3 is 5.97 Å². The van der Waals surface area contributed by atoms with Crippen LogP contribution in [-0.2, 0) is 0 Å². The second-order valence-corrected chi connectivity index (χ2v) is 4.40. The van der Waals surface area contributed by atoms with E-state index in [0.717, 1.165) is 5.69 Å². The van der Waals surface area contributed by atoms with Crippen LogP contribution >= 0.6 is 0 Å². The molecule has 0 fully saturated rings. The third-order valence-electron chi connectivity index (χ3n) is 2.71. The monoisotopic (exact) mass is 256 g/mol. The fourth-order valence-electron chi connectivity index (χ4n) is 1.60. The highest BCUT2D eigenvalue weighted by Gasteiger charge is 2.08. The molecule has 2 rings (SSSR count). The van der Waals surface area contributed by atoms with Gasteiger partial charge in [-0.1, -0.05) is 0 Å². The number of esters is 1. The lowest BCUT2D eigenvalue weighted by molar-refractivity contribution is 0.0735. The minimum Gasteiger partial charge on any atom is -0.423 e. The van der Waals surface area contributed by atoms with Crippen molar-refractivity contribution in [1.82, 2.24) is 0 Å². The van der Waals surface area contributed by atoms with Gasteiger partial charge in [0, 0.05) is 25.5 Å². The first kappa shape index (κ1) is 13.0. The predicted molar refractivity (Wildman–Crippen MR) is 76.6 cm³/mol. The van der Waals surface area contributed by atoms with E-state index in [1.54, 1.807) is 36.4 Å². The van der Waals surface area contributed by atoms with Crippen molar-refractivity contribution in [3.63, 3.8) is 0 Å². The smallest absolute Gasteiger partial charge is 0.343 e. The minimum absolute atomic E-state index is 0.391. The van der Waals surface area contributed by atoms with E-state index in [-0.39, 0.29) is 0 Å². The van der Waals surface area contributed by atoms with E-state index in [1.165, 1.54) is 0 Å². The van der Waals surface area contributed by atoms with Gasteiger partial charge in [-0.3, -0.25) is 0 Å². The molecule has 0 amide bonds. The third kappa shape index (κ3) is 3.25. The molecule has 0 unspecified atom stereocenters. The van der Waals surface area contributed by atoms with Crippen LogP contribution in [0.1, 0.15) is 10.4 Å². The zero-order valence-corrected chi connectivity index (χ0v) is 11.0. The zero-order chi connectivity index (χ0) is 13.8. The van der Waals surface area contributed by atoms with Crippen molar-refractivity contribution < 1.29 is 9.53 Å². The van der Waals surface area contributed by atoms with E-state index < -0.39 is 5.97 Å². The molecule has 2 aromatic carbocycles. The van der Waals surface area contributed by atoms with Crippen LogP contribution in [-0.4, -0.2) is 20.1 Å². The van der Waals surface area contributed by atoms with Crippen LogP contribution in [0.3, 0.4) is 0 Å². The number of ether oxygens (including phenoxy) is 1. The molecule has 0 aromatic heterocycles. The maximum absolute atomic E-state index is 11.9. The zero-order valence-electron chi connectivity index (χ0n) is 11.0. The van der Waals surface area contributed by atoms with Gasteiger partial charge in [-0.05, 0) is 48.5 Å². The van der Waals surface area contributed by atoms with Crippen LogP contribution in [0.15, 0.2) is 48.5 Å². The van der Waals surface area contributed by atoms with Crippen molar-refractivity contribution in [2.45, 2.75) is 0 Å². The van der Waals surface area contributed by atoms with Gasteiger partial charge in [0.05, 0.1) is 5.56 Å². The summed E-state index contributed by atoms with van der Waals surface area (Å²) >= 11 is 0. The average molecular weight is 256 g/mol. The Morgan fingerprint density at radius 2 is 1.58 bits per heavy atom. The first-order chi connectivity index (χ1) is 9.06. The molecule has 0 aliphatic carbocycles. The van der Waals surface area contributed by atoms with E-state index in [2.05, 4.69) is 0 Å². The number of carbonyl (C=O) groups excluding carboxylic acids is 1. The van der Waals surface area contributed by atoms with Crippen LogP contribution in [0.5, 0.6) is 5.75 Å². The Balaban J connectivity index is 2.08. The predicted octanol–water partition coefficient (Wildman–Crippen LogP) is 2.55. The Kier molecular flexibility index (Phi) is 3.71. The fraction of sp³-hybridized carbons (Fsp3) is 0.133. The van der Waals surface area contributed by atoms with Crippen molar-refractivity contribution in [3.05, 3.63) is 54.1 Å². The third-order valence-corrected chi connectivity index (χ3v) is 2.71. The summed E-state index contributed by atoms with van der Waals surface area (Å²) in [5, 5.41) is 0. The molecule has 19 heavy (non-hydrogen) atoms. The molecule has 0 saturated carbocycles. The van der Waals surface area contributed by atoms with Gasteiger partial charge in [-0.15, -0.1) is 0 Å². The SMILES string of the molecule is CN(C)c1ccc(OC(=O)c2ccc(N)cc2)cc1. The molecule has 4 heteroatoms. The number of nitrogens with two attached hydrogens (primary N) is 1. The number of anilines is 2. The van der Waals surface area contributed by atoms with Gasteiger partial charge in [-0.2, -0.15) is 0 Å². The summed E-state index contributed by atoms with van der Waals surface area (Å²) in [6, 6.07) is 14.0. The first-order valence-corrected chi connectivity index (χ1v) is 5.91. The van der Waals surface area contributed by atoms with Crippen LogP contribution in [0.4, 0.5) is 11.4 Å². The highest BCUT2D eigenvalue weighted by Crippen LogP contribution is 2.18. The molecule has 0 bridgehead atoms. The molecule has 0 radical (unpaired) electrons. The Hall–Kier alpha value is -2.49. The fourth-order valence-corrected chi connectivity index (χ4v) is 1.60. The summed E-state index contributed by atoms with van der Waals surface area (Å²) in [4.78, 5) is 13.8. The second-order valence-electron chi connectivity index (χ2n) is 4.40. The van der Waals surface area contributed by atoms with Crippen LogP contribution in [0.25, 0.3) is 0 Å². The minimum atomic E-state index is -0.391. The molecular weight excluding hydrogens is 240 g/mol. The second kappa shape index (κ2) is 5.44. The molecule has 0 heterocycles. The summed E-state index contributed by atoms with van der Waals surface area (Å²) in [6.45, 7) is 0. The van der Waals surface area contributed by atoms with Gasteiger partial charge in [0.1, 0.15) is 5.75 Å². The maximum Gasteiger partial charge on any atom is 0.343 e. The van der Waals surface area contributed by atoms with Crippen molar-refractivity contribution in [2.75, 3.05) is 24.7 Å². The number of benzene rings is 2. The number of rotatable bonds is 3. The van der Waals surface area contributed by atoms with E-state index >= 15 is 0 Å². The van der Waals surface area contributed by atoms with E-state index in [4.69, 9.17) is 10.5 Å². The van der Waals surface area contributed by atoms with Crippen molar-refractivity contribution in [2.24, 2.45) is 0 Å². The number of nitrogen functional groups attached to an aromatic ring is 1. The molecule has 0 saturated heterocycles. The largest absolute Gasteiger partial charge is 0.423 e. The standard InChI is InChI=1S/C15H16N2O2/c1-17(2)13-7-9-14(10-8-13)19-15(18)11-3-5-12(16)6-4-11/h3-10H,16H2,1-2H3. The molecule has 0 spiro atoms. The molecule has 98 valence electrons. The molecular formula is C15H16N2O2. The Bertz CT molecular complexity index is 560. The summed E-state index contributed by atoms with van der Waals surface area (Å²) in [6.07, 6.45) is 0. The molecule has 2 N–H and O–H groups in total.